The number of carbonyl (C=O) groups is 2. The fourth-order valence-electron chi connectivity index (χ4n) is 3.33. The Balaban J connectivity index is 1.68. The van der Waals surface area contributed by atoms with Gasteiger partial charge in [-0.05, 0) is 55.9 Å². The minimum absolute atomic E-state index is 0.0762. The topological polar surface area (TPSA) is 64.7 Å². The van der Waals surface area contributed by atoms with Crippen molar-refractivity contribution < 1.29 is 9.59 Å². The van der Waals surface area contributed by atoms with E-state index in [9.17, 15) is 9.59 Å². The summed E-state index contributed by atoms with van der Waals surface area (Å²) in [5.41, 5.74) is 4.26. The zero-order valence-corrected chi connectivity index (χ0v) is 16.8. The fourth-order valence-corrected chi connectivity index (χ4v) is 3.33. The predicted molar refractivity (Wildman–Crippen MR) is 114 cm³/mol. The normalized spacial score (nSPS) is 14.6. The molecule has 0 radical (unpaired) electrons. The second-order valence-electron chi connectivity index (χ2n) is 7.23. The standard InChI is InChI=1S/C22H28N4O2/c1-4-21(27)23-18-7-5-6-17(15-18)22(28)24-19-8-9-20(16(2)14-19)26-12-10-25(3)11-13-26/h5-9,14-15H,4,10-13H2,1-3H3,(H,23,27)(H,24,28). The van der Waals surface area contributed by atoms with Crippen LogP contribution in [0.15, 0.2) is 42.5 Å². The monoisotopic (exact) mass is 380 g/mol. The summed E-state index contributed by atoms with van der Waals surface area (Å²) in [5.74, 6) is -0.271. The van der Waals surface area contributed by atoms with E-state index in [0.717, 1.165) is 37.4 Å². The number of anilines is 3. The van der Waals surface area contributed by atoms with Crippen LogP contribution in [0.5, 0.6) is 0 Å². The van der Waals surface area contributed by atoms with E-state index in [0.29, 0.717) is 17.7 Å². The number of hydrogen-bond acceptors (Lipinski definition) is 4. The number of rotatable bonds is 5. The van der Waals surface area contributed by atoms with Crippen molar-refractivity contribution in [2.24, 2.45) is 0 Å². The van der Waals surface area contributed by atoms with Gasteiger partial charge in [0.1, 0.15) is 0 Å². The Kier molecular flexibility index (Phi) is 6.31. The minimum Gasteiger partial charge on any atom is -0.369 e. The summed E-state index contributed by atoms with van der Waals surface area (Å²) in [6.07, 6.45) is 0.398. The number of aryl methyl sites for hydroxylation is 1. The molecule has 2 amide bonds. The molecule has 6 nitrogen and oxygen atoms in total. The van der Waals surface area contributed by atoms with Crippen LogP contribution in [0, 0.1) is 6.92 Å². The number of benzene rings is 2. The molecule has 2 aromatic carbocycles. The van der Waals surface area contributed by atoms with Gasteiger partial charge in [-0.3, -0.25) is 9.59 Å². The average molecular weight is 380 g/mol. The van der Waals surface area contributed by atoms with Gasteiger partial charge in [-0.25, -0.2) is 0 Å². The maximum atomic E-state index is 12.6. The molecule has 1 saturated heterocycles. The third-order valence-corrected chi connectivity index (χ3v) is 5.03. The number of piperazine rings is 1. The van der Waals surface area contributed by atoms with Crippen LogP contribution in [0.25, 0.3) is 0 Å². The first-order chi connectivity index (χ1) is 13.5. The van der Waals surface area contributed by atoms with E-state index in [2.05, 4.69) is 40.5 Å². The number of hydrogen-bond donors (Lipinski definition) is 2. The van der Waals surface area contributed by atoms with E-state index in [4.69, 9.17) is 0 Å². The third-order valence-electron chi connectivity index (χ3n) is 5.03. The fraction of sp³-hybridized carbons (Fsp3) is 0.364. The largest absolute Gasteiger partial charge is 0.369 e. The Morgan fingerprint density at radius 2 is 1.68 bits per heavy atom. The van der Waals surface area contributed by atoms with Crippen LogP contribution in [0.3, 0.4) is 0 Å². The van der Waals surface area contributed by atoms with Crippen molar-refractivity contribution >= 4 is 28.9 Å². The molecule has 0 aliphatic carbocycles. The Hall–Kier alpha value is -2.86. The van der Waals surface area contributed by atoms with E-state index >= 15 is 0 Å². The molecule has 3 rings (SSSR count). The van der Waals surface area contributed by atoms with Gasteiger partial charge in [0.2, 0.25) is 5.91 Å². The van der Waals surface area contributed by atoms with Crippen LogP contribution in [0.1, 0.15) is 29.3 Å². The number of amides is 2. The van der Waals surface area contributed by atoms with Crippen molar-refractivity contribution in [3.05, 3.63) is 53.6 Å². The number of nitrogens with zero attached hydrogens (tertiary/aromatic N) is 2. The molecule has 1 aliphatic heterocycles. The summed E-state index contributed by atoms with van der Waals surface area (Å²) in [7, 11) is 2.14. The molecule has 2 aromatic rings. The first-order valence-electron chi connectivity index (χ1n) is 9.71. The second kappa shape index (κ2) is 8.89. The average Bonchev–Trinajstić information content (AvgIpc) is 2.69. The number of nitrogens with one attached hydrogen (secondary N) is 2. The van der Waals surface area contributed by atoms with Crippen molar-refractivity contribution in [1.29, 1.82) is 0 Å². The molecule has 1 heterocycles. The smallest absolute Gasteiger partial charge is 0.255 e. The van der Waals surface area contributed by atoms with Crippen LogP contribution in [0.2, 0.25) is 0 Å². The van der Waals surface area contributed by atoms with Gasteiger partial charge in [0.15, 0.2) is 0 Å². The van der Waals surface area contributed by atoms with E-state index in [1.54, 1.807) is 31.2 Å². The molecule has 0 spiro atoms. The van der Waals surface area contributed by atoms with Crippen molar-refractivity contribution in [2.75, 3.05) is 48.8 Å². The van der Waals surface area contributed by atoms with E-state index < -0.39 is 0 Å². The van der Waals surface area contributed by atoms with Gasteiger partial charge < -0.3 is 20.4 Å². The zero-order chi connectivity index (χ0) is 20.1. The summed E-state index contributed by atoms with van der Waals surface area (Å²) < 4.78 is 0. The van der Waals surface area contributed by atoms with Gasteiger partial charge in [0, 0.05) is 55.2 Å². The number of likely N-dealkylation sites (N-methyl/N-ethyl adjacent to an activating group) is 1. The summed E-state index contributed by atoms with van der Waals surface area (Å²) in [4.78, 5) is 28.9. The lowest BCUT2D eigenvalue weighted by atomic mass is 10.1. The number of carbonyl (C=O) groups excluding carboxylic acids is 2. The van der Waals surface area contributed by atoms with Crippen molar-refractivity contribution in [2.45, 2.75) is 20.3 Å². The summed E-state index contributed by atoms with van der Waals surface area (Å²) >= 11 is 0. The van der Waals surface area contributed by atoms with Crippen LogP contribution in [-0.4, -0.2) is 49.9 Å². The highest BCUT2D eigenvalue weighted by atomic mass is 16.2. The first kappa shape index (κ1) is 19.9. The lowest BCUT2D eigenvalue weighted by Gasteiger charge is -2.35. The molecular formula is C22H28N4O2. The highest BCUT2D eigenvalue weighted by Gasteiger charge is 2.16. The Morgan fingerprint density at radius 1 is 0.964 bits per heavy atom. The quantitative estimate of drug-likeness (QED) is 0.835. The predicted octanol–water partition coefficient (Wildman–Crippen LogP) is 3.35. The van der Waals surface area contributed by atoms with Crippen molar-refractivity contribution in [1.82, 2.24) is 4.90 Å². The molecule has 0 atom stereocenters. The molecule has 28 heavy (non-hydrogen) atoms. The van der Waals surface area contributed by atoms with Gasteiger partial charge in [-0.1, -0.05) is 13.0 Å². The van der Waals surface area contributed by atoms with Crippen LogP contribution in [0.4, 0.5) is 17.1 Å². The maximum Gasteiger partial charge on any atom is 0.255 e. The lowest BCUT2D eigenvalue weighted by Crippen LogP contribution is -2.44. The van der Waals surface area contributed by atoms with Crippen LogP contribution >= 0.6 is 0 Å². The molecule has 0 saturated carbocycles. The molecule has 6 heteroatoms. The Morgan fingerprint density at radius 3 is 2.36 bits per heavy atom. The van der Waals surface area contributed by atoms with Gasteiger partial charge in [-0.2, -0.15) is 0 Å². The second-order valence-corrected chi connectivity index (χ2v) is 7.23. The molecule has 0 aromatic heterocycles. The molecule has 2 N–H and O–H groups in total. The minimum atomic E-state index is -0.195. The first-order valence-corrected chi connectivity index (χ1v) is 9.71. The Bertz CT molecular complexity index is 857. The van der Waals surface area contributed by atoms with E-state index in [1.807, 2.05) is 12.1 Å². The SMILES string of the molecule is CCC(=O)Nc1cccc(C(=O)Nc2ccc(N3CCN(C)CC3)c(C)c2)c1. The molecule has 0 bridgehead atoms. The third kappa shape index (κ3) is 4.89. The molecular weight excluding hydrogens is 352 g/mol. The molecule has 0 unspecified atom stereocenters. The Labute approximate surface area is 166 Å². The zero-order valence-electron chi connectivity index (χ0n) is 16.8. The van der Waals surface area contributed by atoms with Gasteiger partial charge in [0.05, 0.1) is 0 Å². The van der Waals surface area contributed by atoms with Crippen LogP contribution < -0.4 is 15.5 Å². The lowest BCUT2D eigenvalue weighted by molar-refractivity contribution is -0.115. The van der Waals surface area contributed by atoms with E-state index in [1.165, 1.54) is 5.69 Å². The summed E-state index contributed by atoms with van der Waals surface area (Å²) in [5, 5.41) is 5.73. The highest BCUT2D eigenvalue weighted by molar-refractivity contribution is 6.05. The highest BCUT2D eigenvalue weighted by Crippen LogP contribution is 2.25. The molecule has 148 valence electrons. The van der Waals surface area contributed by atoms with Crippen molar-refractivity contribution in [3.63, 3.8) is 0 Å². The molecule has 1 fully saturated rings. The molecule has 1 aliphatic rings. The van der Waals surface area contributed by atoms with Gasteiger partial charge in [0.25, 0.3) is 5.91 Å². The van der Waals surface area contributed by atoms with Crippen LogP contribution in [-0.2, 0) is 4.79 Å². The maximum absolute atomic E-state index is 12.6. The summed E-state index contributed by atoms with van der Waals surface area (Å²) in [6.45, 7) is 8.01. The van der Waals surface area contributed by atoms with Crippen molar-refractivity contribution in [3.8, 4) is 0 Å². The summed E-state index contributed by atoms with van der Waals surface area (Å²) in [6, 6.07) is 13.0. The van der Waals surface area contributed by atoms with Gasteiger partial charge in [-0.15, -0.1) is 0 Å². The van der Waals surface area contributed by atoms with E-state index in [-0.39, 0.29) is 11.8 Å². The van der Waals surface area contributed by atoms with Gasteiger partial charge >= 0.3 is 0 Å².